The van der Waals surface area contributed by atoms with E-state index >= 15 is 0 Å². The maximum atomic E-state index is 12.0. The molecule has 1 unspecified atom stereocenters. The summed E-state index contributed by atoms with van der Waals surface area (Å²) in [5.74, 6) is 0.236. The number of nitrogens with one attached hydrogen (secondary N) is 1. The lowest BCUT2D eigenvalue weighted by molar-refractivity contribution is 0.0904. The number of hydrogen-bond acceptors (Lipinski definition) is 2. The smallest absolute Gasteiger partial charge is 0.287 e. The highest BCUT2D eigenvalue weighted by atomic mass is 16.3. The van der Waals surface area contributed by atoms with Crippen molar-refractivity contribution >= 4 is 5.91 Å². The summed E-state index contributed by atoms with van der Waals surface area (Å²) in [6.45, 7) is 0. The van der Waals surface area contributed by atoms with E-state index in [0.29, 0.717) is 5.76 Å². The normalized spacial score (nSPS) is 18.1. The fraction of sp³-hybridized carbons (Fsp3) is 0.267. The van der Waals surface area contributed by atoms with Gasteiger partial charge in [-0.2, -0.15) is 0 Å². The van der Waals surface area contributed by atoms with Crippen molar-refractivity contribution in [3.05, 3.63) is 59.5 Å². The van der Waals surface area contributed by atoms with E-state index in [1.54, 1.807) is 12.1 Å². The van der Waals surface area contributed by atoms with Crippen LogP contribution in [0, 0.1) is 0 Å². The second-order valence-corrected chi connectivity index (χ2v) is 4.59. The van der Waals surface area contributed by atoms with Crippen molar-refractivity contribution in [3.63, 3.8) is 0 Å². The minimum atomic E-state index is -0.137. The molecule has 0 saturated heterocycles. The first-order chi connectivity index (χ1) is 8.84. The average Bonchev–Trinajstić information content (AvgIpc) is 2.93. The molecule has 1 atom stereocenters. The number of rotatable bonds is 2. The van der Waals surface area contributed by atoms with E-state index in [1.807, 2.05) is 6.07 Å². The van der Waals surface area contributed by atoms with Crippen LogP contribution in [0.1, 0.15) is 40.6 Å². The zero-order valence-corrected chi connectivity index (χ0v) is 10.1. The fourth-order valence-electron chi connectivity index (χ4n) is 2.54. The van der Waals surface area contributed by atoms with Crippen LogP contribution in [0.2, 0.25) is 0 Å². The lowest BCUT2D eigenvalue weighted by atomic mass is 9.88. The fourth-order valence-corrected chi connectivity index (χ4v) is 2.54. The Hall–Kier alpha value is -2.03. The standard InChI is InChI=1S/C15H15NO2/c17-15(14-9-4-10-18-14)16-13-8-3-6-11-5-1-2-7-12(11)13/h1-2,4-5,7,9-10,13H,3,6,8H2,(H,16,17). The Morgan fingerprint density at radius 2 is 2.11 bits per heavy atom. The number of amides is 1. The van der Waals surface area contributed by atoms with Gasteiger partial charge in [0.2, 0.25) is 0 Å². The van der Waals surface area contributed by atoms with E-state index in [2.05, 4.69) is 23.5 Å². The first-order valence-corrected chi connectivity index (χ1v) is 6.27. The minimum absolute atomic E-state index is 0.104. The van der Waals surface area contributed by atoms with Crippen molar-refractivity contribution in [1.29, 1.82) is 0 Å². The SMILES string of the molecule is O=C(NC1CCCc2ccccc21)c1ccco1. The molecule has 3 nitrogen and oxygen atoms in total. The van der Waals surface area contributed by atoms with Crippen LogP contribution in [-0.4, -0.2) is 5.91 Å². The van der Waals surface area contributed by atoms with Gasteiger partial charge < -0.3 is 9.73 Å². The van der Waals surface area contributed by atoms with E-state index in [4.69, 9.17) is 4.42 Å². The summed E-state index contributed by atoms with van der Waals surface area (Å²) in [6.07, 6.45) is 4.72. The molecule has 0 bridgehead atoms. The Kier molecular flexibility index (Phi) is 2.89. The van der Waals surface area contributed by atoms with E-state index in [9.17, 15) is 4.79 Å². The maximum Gasteiger partial charge on any atom is 0.287 e. The monoisotopic (exact) mass is 241 g/mol. The topological polar surface area (TPSA) is 42.2 Å². The van der Waals surface area contributed by atoms with E-state index in [-0.39, 0.29) is 11.9 Å². The second kappa shape index (κ2) is 4.69. The number of benzene rings is 1. The minimum Gasteiger partial charge on any atom is -0.459 e. The zero-order chi connectivity index (χ0) is 12.4. The summed E-state index contributed by atoms with van der Waals surface area (Å²) in [5.41, 5.74) is 2.58. The van der Waals surface area contributed by atoms with Crippen molar-refractivity contribution in [1.82, 2.24) is 5.32 Å². The molecule has 3 rings (SSSR count). The molecule has 0 radical (unpaired) electrons. The van der Waals surface area contributed by atoms with E-state index < -0.39 is 0 Å². The molecule has 1 amide bonds. The lowest BCUT2D eigenvalue weighted by Crippen LogP contribution is -2.30. The van der Waals surface area contributed by atoms with Gasteiger partial charge in [0.25, 0.3) is 5.91 Å². The summed E-state index contributed by atoms with van der Waals surface area (Å²) in [4.78, 5) is 12.0. The van der Waals surface area contributed by atoms with Gasteiger partial charge in [0.1, 0.15) is 0 Å². The van der Waals surface area contributed by atoms with Crippen molar-refractivity contribution in [2.45, 2.75) is 25.3 Å². The van der Waals surface area contributed by atoms with Crippen molar-refractivity contribution < 1.29 is 9.21 Å². The summed E-state index contributed by atoms with van der Waals surface area (Å²) in [7, 11) is 0. The van der Waals surface area contributed by atoms with Crippen LogP contribution in [-0.2, 0) is 6.42 Å². The predicted octanol–water partition coefficient (Wildman–Crippen LogP) is 3.09. The molecule has 1 aliphatic rings. The molecule has 1 aliphatic carbocycles. The van der Waals surface area contributed by atoms with Gasteiger partial charge in [-0.15, -0.1) is 0 Å². The molecule has 18 heavy (non-hydrogen) atoms. The molecule has 3 heteroatoms. The Morgan fingerprint density at radius 3 is 2.94 bits per heavy atom. The summed E-state index contributed by atoms with van der Waals surface area (Å²) in [6, 6.07) is 11.8. The van der Waals surface area contributed by atoms with E-state index in [1.165, 1.54) is 17.4 Å². The quantitative estimate of drug-likeness (QED) is 0.877. The Bertz CT molecular complexity index is 545. The molecule has 0 aliphatic heterocycles. The van der Waals surface area contributed by atoms with Crippen molar-refractivity contribution in [2.75, 3.05) is 0 Å². The summed E-state index contributed by atoms with van der Waals surface area (Å²) in [5, 5.41) is 3.04. The third kappa shape index (κ3) is 2.04. The van der Waals surface area contributed by atoms with Gasteiger partial charge in [0, 0.05) is 0 Å². The Balaban J connectivity index is 1.80. The summed E-state index contributed by atoms with van der Waals surface area (Å²) < 4.78 is 5.11. The van der Waals surface area contributed by atoms with Crippen LogP contribution < -0.4 is 5.32 Å². The average molecular weight is 241 g/mol. The van der Waals surface area contributed by atoms with Gasteiger partial charge in [0.05, 0.1) is 12.3 Å². The molecule has 92 valence electrons. The van der Waals surface area contributed by atoms with Gasteiger partial charge in [-0.25, -0.2) is 0 Å². The largest absolute Gasteiger partial charge is 0.459 e. The van der Waals surface area contributed by atoms with Crippen LogP contribution >= 0.6 is 0 Å². The molecule has 1 aromatic carbocycles. The number of furan rings is 1. The van der Waals surface area contributed by atoms with Crippen LogP contribution in [0.5, 0.6) is 0 Å². The number of hydrogen-bond donors (Lipinski definition) is 1. The van der Waals surface area contributed by atoms with Crippen LogP contribution in [0.15, 0.2) is 47.1 Å². The van der Waals surface area contributed by atoms with Gasteiger partial charge >= 0.3 is 0 Å². The third-order valence-electron chi connectivity index (χ3n) is 3.42. The van der Waals surface area contributed by atoms with Crippen LogP contribution in [0.4, 0.5) is 0 Å². The third-order valence-corrected chi connectivity index (χ3v) is 3.42. The molecule has 0 spiro atoms. The molecular weight excluding hydrogens is 226 g/mol. The van der Waals surface area contributed by atoms with Gasteiger partial charge in [-0.1, -0.05) is 24.3 Å². The molecule has 0 saturated carbocycles. The van der Waals surface area contributed by atoms with E-state index in [0.717, 1.165) is 19.3 Å². The number of carbonyl (C=O) groups is 1. The predicted molar refractivity (Wildman–Crippen MR) is 68.3 cm³/mol. The number of fused-ring (bicyclic) bond motifs is 1. The van der Waals surface area contributed by atoms with Gasteiger partial charge in [0.15, 0.2) is 5.76 Å². The molecule has 0 fully saturated rings. The highest BCUT2D eigenvalue weighted by Gasteiger charge is 2.22. The maximum absolute atomic E-state index is 12.0. The van der Waals surface area contributed by atoms with Crippen molar-refractivity contribution in [3.8, 4) is 0 Å². The molecule has 1 heterocycles. The first kappa shape index (κ1) is 11.1. The molecule has 1 N–H and O–H groups in total. The summed E-state index contributed by atoms with van der Waals surface area (Å²) >= 11 is 0. The molecular formula is C15H15NO2. The Morgan fingerprint density at radius 1 is 1.22 bits per heavy atom. The highest BCUT2D eigenvalue weighted by molar-refractivity contribution is 5.91. The van der Waals surface area contributed by atoms with Gasteiger partial charge in [-0.3, -0.25) is 4.79 Å². The molecule has 1 aromatic heterocycles. The van der Waals surface area contributed by atoms with Crippen LogP contribution in [0.25, 0.3) is 0 Å². The highest BCUT2D eigenvalue weighted by Crippen LogP contribution is 2.29. The van der Waals surface area contributed by atoms with Crippen molar-refractivity contribution in [2.24, 2.45) is 0 Å². The van der Waals surface area contributed by atoms with Crippen LogP contribution in [0.3, 0.4) is 0 Å². The zero-order valence-electron chi connectivity index (χ0n) is 10.1. The number of aryl methyl sites for hydroxylation is 1. The number of carbonyl (C=O) groups excluding carboxylic acids is 1. The Labute approximate surface area is 106 Å². The molecule has 2 aromatic rings. The van der Waals surface area contributed by atoms with Gasteiger partial charge in [-0.05, 0) is 42.5 Å². The first-order valence-electron chi connectivity index (χ1n) is 6.27. The second-order valence-electron chi connectivity index (χ2n) is 4.59. The lowest BCUT2D eigenvalue weighted by Gasteiger charge is -2.25.